The highest BCUT2D eigenvalue weighted by molar-refractivity contribution is 5.94. The number of esters is 1. The number of carbonyl (C=O) groups excluding carboxylic acids is 2. The summed E-state index contributed by atoms with van der Waals surface area (Å²) in [5.74, 6) is -1.96. The molecule has 5 nitrogen and oxygen atoms in total. The summed E-state index contributed by atoms with van der Waals surface area (Å²) in [5.41, 5.74) is 1.11. The zero-order chi connectivity index (χ0) is 16.2. The average Bonchev–Trinajstić information content (AvgIpc) is 2.91. The van der Waals surface area contributed by atoms with Crippen molar-refractivity contribution in [3.05, 3.63) is 47.7 Å². The predicted molar refractivity (Wildman–Crippen MR) is 80.2 cm³/mol. The summed E-state index contributed by atoms with van der Waals surface area (Å²) in [5, 5.41) is 0. The Balaban J connectivity index is 1.84. The van der Waals surface area contributed by atoms with Crippen LogP contribution in [0.5, 0.6) is 0 Å². The van der Waals surface area contributed by atoms with E-state index < -0.39 is 17.7 Å². The summed E-state index contributed by atoms with van der Waals surface area (Å²) < 4.78 is 16.7. The second kappa shape index (κ2) is 5.01. The number of ether oxygens (including phenoxy) is 3. The first-order chi connectivity index (χ1) is 11.1. The zero-order valence-electron chi connectivity index (χ0n) is 13.0. The number of Topliss-reactive ketones (excluding diaryl/α,β-unsaturated/α-hetero) is 1. The monoisotopic (exact) mass is 314 g/mol. The van der Waals surface area contributed by atoms with Crippen LogP contribution in [0, 0.1) is 17.8 Å². The molecule has 5 atom stereocenters. The van der Waals surface area contributed by atoms with E-state index >= 15 is 0 Å². The van der Waals surface area contributed by atoms with E-state index in [1.54, 1.807) is 6.08 Å². The van der Waals surface area contributed by atoms with Gasteiger partial charge in [0.2, 0.25) is 5.79 Å². The standard InChI is InChI=1S/C18H18O5/c1-10(19)23-14-8-12-15(11-6-4-3-5-7-11)13-9-22-18(21-2,16(13)14)17(12)20/h3-8,12-13,15-16H,9H2,1-2H3/t12-,13-,15+,16-,18-/m1/s1. The van der Waals surface area contributed by atoms with Crippen LogP contribution in [0.2, 0.25) is 0 Å². The second-order valence-corrected chi connectivity index (χ2v) is 6.31. The Hall–Kier alpha value is -1.98. The van der Waals surface area contributed by atoms with E-state index in [9.17, 15) is 9.59 Å². The van der Waals surface area contributed by atoms with Gasteiger partial charge in [0, 0.05) is 25.9 Å². The Morgan fingerprint density at radius 2 is 2.04 bits per heavy atom. The van der Waals surface area contributed by atoms with Gasteiger partial charge in [0.25, 0.3) is 0 Å². The van der Waals surface area contributed by atoms with Crippen LogP contribution >= 0.6 is 0 Å². The predicted octanol–water partition coefficient (Wildman–Crippen LogP) is 2.04. The lowest BCUT2D eigenvalue weighted by Crippen LogP contribution is -2.59. The number of hydrogen-bond donors (Lipinski definition) is 0. The molecule has 1 aromatic carbocycles. The Morgan fingerprint density at radius 3 is 2.70 bits per heavy atom. The van der Waals surface area contributed by atoms with Crippen LogP contribution in [0.3, 0.4) is 0 Å². The largest absolute Gasteiger partial charge is 0.431 e. The minimum atomic E-state index is -1.31. The maximum atomic E-state index is 13.0. The normalized spacial score (nSPS) is 37.7. The Labute approximate surface area is 134 Å². The van der Waals surface area contributed by atoms with Crippen LogP contribution in [-0.2, 0) is 23.8 Å². The fourth-order valence-electron chi connectivity index (χ4n) is 4.42. The summed E-state index contributed by atoms with van der Waals surface area (Å²) in [4.78, 5) is 24.4. The molecule has 1 heterocycles. The molecular weight excluding hydrogens is 296 g/mol. The van der Waals surface area contributed by atoms with Gasteiger partial charge in [0.15, 0.2) is 5.78 Å². The van der Waals surface area contributed by atoms with Gasteiger partial charge in [0.1, 0.15) is 5.76 Å². The number of carbonyl (C=O) groups is 2. The van der Waals surface area contributed by atoms with Crippen LogP contribution < -0.4 is 0 Å². The van der Waals surface area contributed by atoms with Gasteiger partial charge in [-0.05, 0) is 11.6 Å². The highest BCUT2D eigenvalue weighted by Gasteiger charge is 2.69. The summed E-state index contributed by atoms with van der Waals surface area (Å²) >= 11 is 0. The van der Waals surface area contributed by atoms with Crippen molar-refractivity contribution >= 4 is 11.8 Å². The smallest absolute Gasteiger partial charge is 0.307 e. The van der Waals surface area contributed by atoms with Crippen molar-refractivity contribution in [1.82, 2.24) is 0 Å². The fourth-order valence-corrected chi connectivity index (χ4v) is 4.42. The number of rotatable bonds is 3. The first kappa shape index (κ1) is 14.6. The molecule has 120 valence electrons. The Kier molecular flexibility index (Phi) is 3.18. The molecule has 1 aromatic rings. The van der Waals surface area contributed by atoms with E-state index in [4.69, 9.17) is 14.2 Å². The molecule has 1 saturated carbocycles. The van der Waals surface area contributed by atoms with Crippen molar-refractivity contribution in [2.24, 2.45) is 17.8 Å². The Bertz CT molecular complexity index is 695. The van der Waals surface area contributed by atoms with Crippen LogP contribution in [0.25, 0.3) is 0 Å². The van der Waals surface area contributed by atoms with Crippen molar-refractivity contribution in [1.29, 1.82) is 0 Å². The molecule has 0 spiro atoms. The lowest BCUT2D eigenvalue weighted by atomic mass is 9.58. The summed E-state index contributed by atoms with van der Waals surface area (Å²) in [6.07, 6.45) is 1.79. The summed E-state index contributed by atoms with van der Waals surface area (Å²) in [6.45, 7) is 1.78. The third-order valence-electron chi connectivity index (χ3n) is 5.22. The maximum Gasteiger partial charge on any atom is 0.307 e. The highest BCUT2D eigenvalue weighted by atomic mass is 16.7. The fraction of sp³-hybridized carbons (Fsp3) is 0.444. The first-order valence-electron chi connectivity index (χ1n) is 7.77. The third kappa shape index (κ3) is 1.87. The van der Waals surface area contributed by atoms with E-state index in [1.165, 1.54) is 14.0 Å². The first-order valence-corrected chi connectivity index (χ1v) is 7.77. The van der Waals surface area contributed by atoms with Crippen molar-refractivity contribution in [3.63, 3.8) is 0 Å². The van der Waals surface area contributed by atoms with Gasteiger partial charge in [-0.1, -0.05) is 30.3 Å². The molecule has 1 saturated heterocycles. The maximum absolute atomic E-state index is 13.0. The molecule has 23 heavy (non-hydrogen) atoms. The molecule has 0 N–H and O–H groups in total. The van der Waals surface area contributed by atoms with Crippen molar-refractivity contribution in [3.8, 4) is 0 Å². The highest BCUT2D eigenvalue weighted by Crippen LogP contribution is 2.60. The molecule has 0 aromatic heterocycles. The molecule has 1 aliphatic heterocycles. The van der Waals surface area contributed by atoms with Crippen molar-refractivity contribution in [2.75, 3.05) is 13.7 Å². The molecule has 4 bridgehead atoms. The zero-order valence-corrected chi connectivity index (χ0v) is 13.0. The van der Waals surface area contributed by atoms with Gasteiger partial charge < -0.3 is 14.2 Å². The van der Waals surface area contributed by atoms with Gasteiger partial charge in [-0.2, -0.15) is 0 Å². The minimum Gasteiger partial charge on any atom is -0.431 e. The van der Waals surface area contributed by atoms with Gasteiger partial charge in [-0.3, -0.25) is 9.59 Å². The molecule has 0 amide bonds. The summed E-state index contributed by atoms with van der Waals surface area (Å²) in [7, 11) is 1.48. The molecule has 5 heteroatoms. The van der Waals surface area contributed by atoms with Gasteiger partial charge in [-0.25, -0.2) is 0 Å². The third-order valence-corrected chi connectivity index (χ3v) is 5.22. The summed E-state index contributed by atoms with van der Waals surface area (Å²) in [6, 6.07) is 9.96. The van der Waals surface area contributed by atoms with Gasteiger partial charge >= 0.3 is 5.97 Å². The van der Waals surface area contributed by atoms with Crippen molar-refractivity contribution < 1.29 is 23.8 Å². The Morgan fingerprint density at radius 1 is 1.30 bits per heavy atom. The van der Waals surface area contributed by atoms with Gasteiger partial charge in [0.05, 0.1) is 18.4 Å². The van der Waals surface area contributed by atoms with Crippen LogP contribution in [0.15, 0.2) is 42.2 Å². The molecule has 5 rings (SSSR count). The number of hydrogen-bond acceptors (Lipinski definition) is 5. The quantitative estimate of drug-likeness (QED) is 0.799. The molecule has 4 aliphatic rings. The lowest BCUT2D eigenvalue weighted by molar-refractivity contribution is -0.221. The van der Waals surface area contributed by atoms with Crippen LogP contribution in [-0.4, -0.2) is 31.3 Å². The number of ketones is 1. The molecule has 2 fully saturated rings. The number of benzene rings is 1. The lowest BCUT2D eigenvalue weighted by Gasteiger charge is -2.48. The number of allylic oxidation sites excluding steroid dienone is 1. The molecule has 3 aliphatic carbocycles. The van der Waals surface area contributed by atoms with E-state index in [1.807, 2.05) is 30.3 Å². The SMILES string of the molecule is CO[C@@]12OC[C@@H]3[C@@H](c4ccccc4)[C@@H](C=C(OC(C)=O)[C@@H]31)C2=O. The molecule has 0 unspecified atom stereocenters. The average molecular weight is 314 g/mol. The topological polar surface area (TPSA) is 61.8 Å². The number of methoxy groups -OCH3 is 1. The van der Waals surface area contributed by atoms with Gasteiger partial charge in [-0.15, -0.1) is 0 Å². The molecular formula is C18H18O5. The second-order valence-electron chi connectivity index (χ2n) is 6.31. The molecule has 0 radical (unpaired) electrons. The van der Waals surface area contributed by atoms with E-state index in [2.05, 4.69) is 0 Å². The van der Waals surface area contributed by atoms with E-state index in [0.717, 1.165) is 5.56 Å². The van der Waals surface area contributed by atoms with Crippen molar-refractivity contribution in [2.45, 2.75) is 18.6 Å². The van der Waals surface area contributed by atoms with Crippen LogP contribution in [0.4, 0.5) is 0 Å². The van der Waals surface area contributed by atoms with Crippen LogP contribution in [0.1, 0.15) is 18.4 Å². The van der Waals surface area contributed by atoms with E-state index in [-0.39, 0.29) is 23.5 Å². The minimum absolute atomic E-state index is 0.0267. The van der Waals surface area contributed by atoms with E-state index in [0.29, 0.717) is 12.4 Å².